The summed E-state index contributed by atoms with van der Waals surface area (Å²) in [4.78, 5) is 26.6. The molecule has 1 heterocycles. The molecule has 28 heavy (non-hydrogen) atoms. The molecule has 0 bridgehead atoms. The molecule has 1 aromatic heterocycles. The monoisotopic (exact) mass is 405 g/mol. The van der Waals surface area contributed by atoms with Crippen molar-refractivity contribution in [1.29, 1.82) is 0 Å². The number of carbonyl (C=O) groups excluding carboxylic acids is 1. The summed E-state index contributed by atoms with van der Waals surface area (Å²) in [7, 11) is 1.70. The van der Waals surface area contributed by atoms with Crippen LogP contribution < -0.4 is 11.8 Å². The average molecular weight is 406 g/mol. The minimum absolute atomic E-state index is 0. The molecule has 0 atom stereocenters. The largest absolute Gasteiger partial charge is 0.344 e. The first kappa shape index (κ1) is 24.2. The Labute approximate surface area is 173 Å². The van der Waals surface area contributed by atoms with Crippen molar-refractivity contribution in [3.05, 3.63) is 45.6 Å². The first-order chi connectivity index (χ1) is 12.7. The second kappa shape index (κ2) is 9.61. The molecular weight excluding hydrogens is 370 g/mol. The summed E-state index contributed by atoms with van der Waals surface area (Å²) in [5.41, 5.74) is 3.29. The van der Waals surface area contributed by atoms with E-state index < -0.39 is 0 Å². The van der Waals surface area contributed by atoms with Gasteiger partial charge in [-0.2, -0.15) is 0 Å². The molecule has 0 unspecified atom stereocenters. The number of carbonyl (C=O) groups is 1. The number of nitrogens with zero attached hydrogens (tertiary/aromatic N) is 2. The molecule has 0 aliphatic heterocycles. The fourth-order valence-corrected chi connectivity index (χ4v) is 4.35. The number of hydrogen-bond donors (Lipinski definition) is 1. The lowest BCUT2D eigenvalue weighted by atomic mass is 9.77. The SMILES string of the molecule is CCC.CCc1ccc(-n2c3c(n(C)c2=O)C(=O)CC(C)(C)C3)cc1SC.N. The molecule has 6 heteroatoms. The molecule has 0 spiro atoms. The van der Waals surface area contributed by atoms with Crippen LogP contribution in [0.1, 0.15) is 69.2 Å². The lowest BCUT2D eigenvalue weighted by molar-refractivity contribution is 0.0901. The Morgan fingerprint density at radius 1 is 1.11 bits per heavy atom. The zero-order valence-corrected chi connectivity index (χ0v) is 19.2. The van der Waals surface area contributed by atoms with Crippen LogP contribution in [0.25, 0.3) is 5.69 Å². The standard InChI is InChI=1S/C19H24N2O2S.C3H8.H3N/c1-6-12-7-8-13(9-16(12)24-5)21-14-10-19(2,3)11-15(22)17(14)20(4)18(21)23;1-3-2;/h7-9H,6,10-11H2,1-5H3;3H2,1-2H3;1H3. The Kier molecular flexibility index (Phi) is 8.32. The van der Waals surface area contributed by atoms with E-state index in [1.807, 2.05) is 12.3 Å². The lowest BCUT2D eigenvalue weighted by Crippen LogP contribution is -2.29. The number of imidazole rings is 1. The number of ketones is 1. The Bertz CT molecular complexity index is 894. The molecule has 3 rings (SSSR count). The molecule has 0 amide bonds. The summed E-state index contributed by atoms with van der Waals surface area (Å²) in [6.07, 6.45) is 5.48. The van der Waals surface area contributed by atoms with E-state index in [-0.39, 0.29) is 23.0 Å². The fraction of sp³-hybridized carbons (Fsp3) is 0.545. The lowest BCUT2D eigenvalue weighted by Gasteiger charge is -2.29. The summed E-state index contributed by atoms with van der Waals surface area (Å²) < 4.78 is 3.24. The highest BCUT2D eigenvalue weighted by Crippen LogP contribution is 2.35. The predicted molar refractivity (Wildman–Crippen MR) is 120 cm³/mol. The van der Waals surface area contributed by atoms with E-state index in [1.54, 1.807) is 23.4 Å². The van der Waals surface area contributed by atoms with Crippen LogP contribution in [0.3, 0.4) is 0 Å². The van der Waals surface area contributed by atoms with Gasteiger partial charge in [0, 0.05) is 18.4 Å². The third-order valence-corrected chi connectivity index (χ3v) is 5.64. The van der Waals surface area contributed by atoms with E-state index in [0.717, 1.165) is 24.2 Å². The van der Waals surface area contributed by atoms with E-state index in [2.05, 4.69) is 46.8 Å². The topological polar surface area (TPSA) is 79.0 Å². The van der Waals surface area contributed by atoms with Gasteiger partial charge in [0.2, 0.25) is 0 Å². The van der Waals surface area contributed by atoms with Crippen LogP contribution in [0.2, 0.25) is 0 Å². The van der Waals surface area contributed by atoms with E-state index in [9.17, 15) is 9.59 Å². The van der Waals surface area contributed by atoms with Crippen molar-refractivity contribution in [3.63, 3.8) is 0 Å². The van der Waals surface area contributed by atoms with Crippen molar-refractivity contribution in [2.75, 3.05) is 6.26 Å². The number of fused-ring (bicyclic) bond motifs is 1. The summed E-state index contributed by atoms with van der Waals surface area (Å²) in [6, 6.07) is 6.15. The first-order valence-electron chi connectivity index (χ1n) is 9.71. The van der Waals surface area contributed by atoms with Gasteiger partial charge in [-0.1, -0.05) is 47.1 Å². The zero-order chi connectivity index (χ0) is 20.4. The zero-order valence-electron chi connectivity index (χ0n) is 18.4. The molecule has 0 saturated heterocycles. The highest BCUT2D eigenvalue weighted by Gasteiger charge is 2.36. The summed E-state index contributed by atoms with van der Waals surface area (Å²) >= 11 is 1.69. The minimum Gasteiger partial charge on any atom is -0.344 e. The van der Waals surface area contributed by atoms with Crippen molar-refractivity contribution >= 4 is 17.5 Å². The molecule has 156 valence electrons. The normalized spacial score (nSPS) is 14.6. The number of aromatic nitrogens is 2. The molecule has 1 aliphatic carbocycles. The van der Waals surface area contributed by atoms with Crippen LogP contribution in [-0.2, 0) is 19.9 Å². The molecule has 0 saturated carbocycles. The highest BCUT2D eigenvalue weighted by molar-refractivity contribution is 7.98. The average Bonchev–Trinajstić information content (AvgIpc) is 2.84. The van der Waals surface area contributed by atoms with Crippen LogP contribution in [0.4, 0.5) is 0 Å². The van der Waals surface area contributed by atoms with Crippen molar-refractivity contribution in [2.45, 2.75) is 65.2 Å². The third kappa shape index (κ3) is 4.61. The second-order valence-electron chi connectivity index (χ2n) is 7.97. The summed E-state index contributed by atoms with van der Waals surface area (Å²) in [5.74, 6) is 0.0647. The molecule has 2 aromatic rings. The van der Waals surface area contributed by atoms with Gasteiger partial charge < -0.3 is 6.15 Å². The van der Waals surface area contributed by atoms with Gasteiger partial charge in [0.05, 0.1) is 11.4 Å². The van der Waals surface area contributed by atoms with Crippen LogP contribution in [0.5, 0.6) is 0 Å². The number of benzene rings is 1. The first-order valence-corrected chi connectivity index (χ1v) is 10.9. The van der Waals surface area contributed by atoms with Crippen molar-refractivity contribution in [1.82, 2.24) is 15.3 Å². The molecule has 1 aliphatic rings. The van der Waals surface area contributed by atoms with Crippen LogP contribution in [-0.4, -0.2) is 21.2 Å². The van der Waals surface area contributed by atoms with Gasteiger partial charge in [-0.3, -0.25) is 13.9 Å². The Balaban J connectivity index is 0.000000921. The molecule has 1 aromatic carbocycles. The quantitative estimate of drug-likeness (QED) is 0.712. The molecule has 3 N–H and O–H groups in total. The van der Waals surface area contributed by atoms with Crippen molar-refractivity contribution in [3.8, 4) is 5.69 Å². The fourth-order valence-electron chi connectivity index (χ4n) is 3.64. The summed E-state index contributed by atoms with van der Waals surface area (Å²) in [6.45, 7) is 10.6. The molecular formula is C22H35N3O2S. The third-order valence-electron chi connectivity index (χ3n) is 4.82. The maximum atomic E-state index is 12.8. The van der Waals surface area contributed by atoms with Gasteiger partial charge >= 0.3 is 5.69 Å². The van der Waals surface area contributed by atoms with E-state index in [4.69, 9.17) is 0 Å². The van der Waals surface area contributed by atoms with Gasteiger partial charge in [0.15, 0.2) is 5.78 Å². The Morgan fingerprint density at radius 2 is 1.71 bits per heavy atom. The molecule has 5 nitrogen and oxygen atoms in total. The van der Waals surface area contributed by atoms with E-state index >= 15 is 0 Å². The van der Waals surface area contributed by atoms with Crippen molar-refractivity contribution < 1.29 is 4.79 Å². The van der Waals surface area contributed by atoms with Gasteiger partial charge in [0.25, 0.3) is 0 Å². The van der Waals surface area contributed by atoms with Crippen molar-refractivity contribution in [2.24, 2.45) is 12.5 Å². The van der Waals surface area contributed by atoms with Crippen LogP contribution >= 0.6 is 11.8 Å². The highest BCUT2D eigenvalue weighted by atomic mass is 32.2. The molecule has 0 radical (unpaired) electrons. The number of hydrogen-bond acceptors (Lipinski definition) is 4. The number of rotatable bonds is 3. The maximum absolute atomic E-state index is 12.8. The minimum atomic E-state index is -0.137. The maximum Gasteiger partial charge on any atom is 0.333 e. The molecule has 0 fully saturated rings. The van der Waals surface area contributed by atoms with Gasteiger partial charge in [-0.05, 0) is 42.2 Å². The van der Waals surface area contributed by atoms with E-state index in [1.165, 1.54) is 21.4 Å². The number of Topliss-reactive ketones (excluding diaryl/α,β-unsaturated/α-hetero) is 1. The number of thioether (sulfide) groups is 1. The van der Waals surface area contributed by atoms with E-state index in [0.29, 0.717) is 12.1 Å². The number of aryl methyl sites for hydroxylation is 1. The van der Waals surface area contributed by atoms with Gasteiger partial charge in [0.1, 0.15) is 5.69 Å². The second-order valence-corrected chi connectivity index (χ2v) is 8.82. The summed E-state index contributed by atoms with van der Waals surface area (Å²) in [5, 5.41) is 0. The van der Waals surface area contributed by atoms with Gasteiger partial charge in [-0.25, -0.2) is 4.79 Å². The van der Waals surface area contributed by atoms with Crippen LogP contribution in [0.15, 0.2) is 27.9 Å². The Hall–Kier alpha value is -1.79. The smallest absolute Gasteiger partial charge is 0.333 e. The van der Waals surface area contributed by atoms with Gasteiger partial charge in [-0.15, -0.1) is 11.8 Å². The van der Waals surface area contributed by atoms with Crippen LogP contribution in [0, 0.1) is 5.41 Å². The predicted octanol–water partition coefficient (Wildman–Crippen LogP) is 5.19. The Morgan fingerprint density at radius 3 is 2.25 bits per heavy atom.